The van der Waals surface area contributed by atoms with Crippen LogP contribution in [0.1, 0.15) is 25.5 Å². The molecule has 2 amide bonds. The van der Waals surface area contributed by atoms with Crippen molar-refractivity contribution in [2.75, 3.05) is 18.5 Å². The first-order valence-electron chi connectivity index (χ1n) is 6.82. The molecule has 0 unspecified atom stereocenters. The van der Waals surface area contributed by atoms with E-state index in [1.54, 1.807) is 18.3 Å². The summed E-state index contributed by atoms with van der Waals surface area (Å²) >= 11 is 0. The van der Waals surface area contributed by atoms with Crippen LogP contribution >= 0.6 is 0 Å². The number of rotatable bonds is 5. The van der Waals surface area contributed by atoms with Crippen molar-refractivity contribution in [1.29, 1.82) is 0 Å². The summed E-state index contributed by atoms with van der Waals surface area (Å²) in [4.78, 5) is 15.7. The third kappa shape index (κ3) is 4.06. The van der Waals surface area contributed by atoms with Gasteiger partial charge in [0, 0.05) is 23.7 Å². The number of aliphatic hydroxyl groups is 1. The molecule has 6 heteroatoms. The summed E-state index contributed by atoms with van der Waals surface area (Å²) in [5, 5.41) is 13.8. The zero-order valence-corrected chi connectivity index (χ0v) is 12.1. The van der Waals surface area contributed by atoms with E-state index in [-0.39, 0.29) is 19.2 Å². The Bertz CT molecular complexity index is 590. The van der Waals surface area contributed by atoms with Crippen LogP contribution in [-0.4, -0.2) is 29.3 Å². The van der Waals surface area contributed by atoms with Crippen molar-refractivity contribution in [1.82, 2.24) is 10.3 Å². The Morgan fingerprint density at radius 3 is 2.62 bits per heavy atom. The number of benzene rings is 1. The lowest BCUT2D eigenvalue weighted by molar-refractivity contribution is 0.245. The lowest BCUT2D eigenvalue weighted by atomic mass is 10.2. The lowest BCUT2D eigenvalue weighted by Crippen LogP contribution is -2.30. The number of urea groups is 1. The Labute approximate surface area is 123 Å². The van der Waals surface area contributed by atoms with E-state index in [1.807, 2.05) is 26.0 Å². The van der Waals surface area contributed by atoms with E-state index in [9.17, 15) is 4.79 Å². The van der Waals surface area contributed by atoms with Crippen molar-refractivity contribution >= 4 is 11.7 Å². The maximum Gasteiger partial charge on any atom is 0.319 e. The van der Waals surface area contributed by atoms with Gasteiger partial charge < -0.3 is 20.2 Å². The van der Waals surface area contributed by atoms with Gasteiger partial charge in [0.1, 0.15) is 5.76 Å². The smallest absolute Gasteiger partial charge is 0.319 e. The van der Waals surface area contributed by atoms with E-state index in [0.717, 1.165) is 11.3 Å². The fourth-order valence-corrected chi connectivity index (χ4v) is 1.73. The molecule has 0 atom stereocenters. The standard InChI is InChI=1S/C15H19N3O3/c1-10(2)13-9-17-14(21-13)11-3-5-12(6-4-11)18-15(20)16-7-8-19/h3-6,9-10,19H,7-8H2,1-2H3,(H2,16,18,20). The maximum atomic E-state index is 11.4. The van der Waals surface area contributed by atoms with Gasteiger partial charge in [-0.05, 0) is 24.3 Å². The summed E-state index contributed by atoms with van der Waals surface area (Å²) in [5.74, 6) is 1.70. The van der Waals surface area contributed by atoms with Crippen LogP contribution in [0.5, 0.6) is 0 Å². The van der Waals surface area contributed by atoms with Crippen LogP contribution in [-0.2, 0) is 0 Å². The van der Waals surface area contributed by atoms with Gasteiger partial charge in [-0.2, -0.15) is 0 Å². The van der Waals surface area contributed by atoms with Gasteiger partial charge in [-0.3, -0.25) is 0 Å². The maximum absolute atomic E-state index is 11.4. The van der Waals surface area contributed by atoms with E-state index < -0.39 is 0 Å². The molecule has 0 radical (unpaired) electrons. The van der Waals surface area contributed by atoms with Gasteiger partial charge in [-0.1, -0.05) is 13.8 Å². The molecule has 6 nitrogen and oxygen atoms in total. The predicted molar refractivity (Wildman–Crippen MR) is 80.1 cm³/mol. The van der Waals surface area contributed by atoms with E-state index in [0.29, 0.717) is 17.5 Å². The predicted octanol–water partition coefficient (Wildman–Crippen LogP) is 2.58. The Kier molecular flexibility index (Phi) is 4.94. The summed E-state index contributed by atoms with van der Waals surface area (Å²) in [6.45, 7) is 4.22. The number of carbonyl (C=O) groups is 1. The minimum atomic E-state index is -0.352. The highest BCUT2D eigenvalue weighted by Crippen LogP contribution is 2.24. The molecule has 0 saturated carbocycles. The van der Waals surface area contributed by atoms with Crippen molar-refractivity contribution in [2.24, 2.45) is 0 Å². The molecule has 1 heterocycles. The Morgan fingerprint density at radius 1 is 1.33 bits per heavy atom. The number of oxazole rings is 1. The van der Waals surface area contributed by atoms with Crippen molar-refractivity contribution in [3.63, 3.8) is 0 Å². The molecular formula is C15H19N3O3. The average molecular weight is 289 g/mol. The monoisotopic (exact) mass is 289 g/mol. The number of amides is 2. The van der Waals surface area contributed by atoms with Gasteiger partial charge in [0.2, 0.25) is 5.89 Å². The summed E-state index contributed by atoms with van der Waals surface area (Å²) < 4.78 is 5.67. The molecule has 1 aromatic heterocycles. The van der Waals surface area contributed by atoms with Crippen LogP contribution in [0.4, 0.5) is 10.5 Å². The molecule has 3 N–H and O–H groups in total. The second-order valence-corrected chi connectivity index (χ2v) is 4.90. The van der Waals surface area contributed by atoms with E-state index in [4.69, 9.17) is 9.52 Å². The number of aromatic nitrogens is 1. The van der Waals surface area contributed by atoms with Gasteiger partial charge in [0.15, 0.2) is 0 Å². The van der Waals surface area contributed by atoms with Gasteiger partial charge in [0.05, 0.1) is 12.8 Å². The van der Waals surface area contributed by atoms with Crippen LogP contribution < -0.4 is 10.6 Å². The van der Waals surface area contributed by atoms with Crippen LogP contribution in [0, 0.1) is 0 Å². The molecule has 0 saturated heterocycles. The fraction of sp³-hybridized carbons (Fsp3) is 0.333. The average Bonchev–Trinajstić information content (AvgIpc) is 2.96. The molecule has 0 spiro atoms. The highest BCUT2D eigenvalue weighted by atomic mass is 16.4. The summed E-state index contributed by atoms with van der Waals surface area (Å²) in [5.41, 5.74) is 1.51. The van der Waals surface area contributed by atoms with E-state index >= 15 is 0 Å². The quantitative estimate of drug-likeness (QED) is 0.789. The normalized spacial score (nSPS) is 10.7. The molecule has 0 fully saturated rings. The third-order valence-electron chi connectivity index (χ3n) is 2.88. The van der Waals surface area contributed by atoms with Crippen molar-refractivity contribution in [3.05, 3.63) is 36.2 Å². The van der Waals surface area contributed by atoms with E-state index in [1.165, 1.54) is 0 Å². The van der Waals surface area contributed by atoms with Crippen LogP contribution in [0.2, 0.25) is 0 Å². The number of nitrogens with zero attached hydrogens (tertiary/aromatic N) is 1. The van der Waals surface area contributed by atoms with E-state index in [2.05, 4.69) is 15.6 Å². The Hall–Kier alpha value is -2.34. The van der Waals surface area contributed by atoms with Crippen molar-refractivity contribution in [2.45, 2.75) is 19.8 Å². The topological polar surface area (TPSA) is 87.4 Å². The number of aliphatic hydroxyl groups excluding tert-OH is 1. The zero-order chi connectivity index (χ0) is 15.2. The molecular weight excluding hydrogens is 270 g/mol. The summed E-state index contributed by atoms with van der Waals surface area (Å²) in [6.07, 6.45) is 1.73. The Balaban J connectivity index is 2.02. The number of anilines is 1. The first-order valence-corrected chi connectivity index (χ1v) is 6.82. The first kappa shape index (κ1) is 15.1. The van der Waals surface area contributed by atoms with Gasteiger partial charge in [-0.25, -0.2) is 9.78 Å². The second-order valence-electron chi connectivity index (χ2n) is 4.90. The summed E-state index contributed by atoms with van der Waals surface area (Å²) in [7, 11) is 0. The van der Waals surface area contributed by atoms with Gasteiger partial charge >= 0.3 is 6.03 Å². The van der Waals surface area contributed by atoms with Gasteiger partial charge in [-0.15, -0.1) is 0 Å². The SMILES string of the molecule is CC(C)c1cnc(-c2ccc(NC(=O)NCCO)cc2)o1. The molecule has 1 aromatic carbocycles. The minimum absolute atomic E-state index is 0.0886. The first-order chi connectivity index (χ1) is 10.1. The molecule has 2 aromatic rings. The second kappa shape index (κ2) is 6.90. The highest BCUT2D eigenvalue weighted by molar-refractivity contribution is 5.89. The number of hydrogen-bond donors (Lipinski definition) is 3. The third-order valence-corrected chi connectivity index (χ3v) is 2.88. The number of hydrogen-bond acceptors (Lipinski definition) is 4. The summed E-state index contributed by atoms with van der Waals surface area (Å²) in [6, 6.07) is 6.85. The molecule has 21 heavy (non-hydrogen) atoms. The van der Waals surface area contributed by atoms with Crippen LogP contribution in [0.25, 0.3) is 11.5 Å². The van der Waals surface area contributed by atoms with Crippen molar-refractivity contribution < 1.29 is 14.3 Å². The number of nitrogens with one attached hydrogen (secondary N) is 2. The van der Waals surface area contributed by atoms with Gasteiger partial charge in [0.25, 0.3) is 0 Å². The molecule has 0 aliphatic carbocycles. The Morgan fingerprint density at radius 2 is 2.05 bits per heavy atom. The largest absolute Gasteiger partial charge is 0.441 e. The molecule has 0 aliphatic heterocycles. The molecule has 112 valence electrons. The van der Waals surface area contributed by atoms with Crippen LogP contribution in [0.3, 0.4) is 0 Å². The van der Waals surface area contributed by atoms with Crippen LogP contribution in [0.15, 0.2) is 34.9 Å². The highest BCUT2D eigenvalue weighted by Gasteiger charge is 2.09. The molecule has 0 aliphatic rings. The van der Waals surface area contributed by atoms with Crippen molar-refractivity contribution in [3.8, 4) is 11.5 Å². The fourth-order valence-electron chi connectivity index (χ4n) is 1.73. The lowest BCUT2D eigenvalue weighted by Gasteiger charge is -2.06. The minimum Gasteiger partial charge on any atom is -0.441 e. The molecule has 2 rings (SSSR count). The number of carbonyl (C=O) groups excluding carboxylic acids is 1. The zero-order valence-electron chi connectivity index (χ0n) is 12.1. The molecule has 0 bridgehead atoms.